The van der Waals surface area contributed by atoms with Gasteiger partial charge in [0.2, 0.25) is 11.6 Å². The number of aromatic nitrogens is 1. The van der Waals surface area contributed by atoms with Crippen LogP contribution in [-0.4, -0.2) is 43.4 Å². The molecule has 0 unspecified atom stereocenters. The topological polar surface area (TPSA) is 180 Å². The molecule has 1 heterocycles. The number of nitroso groups, excluding NO2 is 1. The number of Topliss-reactive ketones (excluding diaryl/α,β-unsaturated/α-hetero) is 2. The average molecular weight is 475 g/mol. The molecule has 10 heteroatoms. The van der Waals surface area contributed by atoms with E-state index in [4.69, 9.17) is 5.73 Å². The first-order valence-electron chi connectivity index (χ1n) is 11.0. The molecule has 1 aromatic heterocycles. The van der Waals surface area contributed by atoms with Gasteiger partial charge >= 0.3 is 0 Å². The number of allylic oxidation sites excluding steroid dienone is 1. The summed E-state index contributed by atoms with van der Waals surface area (Å²) in [5.41, 5.74) is 3.77. The van der Waals surface area contributed by atoms with Gasteiger partial charge in [0.05, 0.1) is 11.3 Å². The first-order chi connectivity index (χ1) is 16.6. The fourth-order valence-corrected chi connectivity index (χ4v) is 5.63. The van der Waals surface area contributed by atoms with Crippen LogP contribution in [0.25, 0.3) is 17.0 Å². The largest absolute Gasteiger partial charge is 0.507 e. The zero-order valence-corrected chi connectivity index (χ0v) is 18.6. The molecule has 0 radical (unpaired) electrons. The summed E-state index contributed by atoms with van der Waals surface area (Å²) in [5, 5.41) is 35.8. The van der Waals surface area contributed by atoms with Crippen LogP contribution in [0, 0.1) is 23.7 Å². The van der Waals surface area contributed by atoms with Crippen molar-refractivity contribution in [3.8, 4) is 17.0 Å². The monoisotopic (exact) mass is 475 g/mol. The van der Waals surface area contributed by atoms with Crippen LogP contribution in [0.4, 0.5) is 0 Å². The van der Waals surface area contributed by atoms with Gasteiger partial charge in [-0.05, 0) is 60.7 Å². The van der Waals surface area contributed by atoms with Crippen molar-refractivity contribution >= 4 is 23.2 Å². The van der Waals surface area contributed by atoms with Crippen molar-refractivity contribution in [3.05, 3.63) is 68.9 Å². The Morgan fingerprint density at radius 2 is 1.89 bits per heavy atom. The number of phenolic OH excluding ortho intramolecular Hbond substituents is 1. The molecule has 10 nitrogen and oxygen atoms in total. The molecular weight excluding hydrogens is 454 g/mol. The molecule has 0 bridgehead atoms. The molecule has 1 aromatic carbocycles. The summed E-state index contributed by atoms with van der Waals surface area (Å²) in [5.74, 6) is -6.13. The van der Waals surface area contributed by atoms with Crippen molar-refractivity contribution in [2.75, 3.05) is 0 Å². The van der Waals surface area contributed by atoms with Crippen LogP contribution >= 0.6 is 0 Å². The van der Waals surface area contributed by atoms with E-state index >= 15 is 0 Å². The Labute approximate surface area is 198 Å². The molecule has 0 aliphatic heterocycles. The number of carbonyl (C=O) groups is 3. The summed E-state index contributed by atoms with van der Waals surface area (Å²) < 4.78 is 0. The Morgan fingerprint density at radius 1 is 1.14 bits per heavy atom. The smallest absolute Gasteiger partial charge is 0.254 e. The highest BCUT2D eigenvalue weighted by atomic mass is 16.3. The van der Waals surface area contributed by atoms with Gasteiger partial charge in [0.1, 0.15) is 22.8 Å². The number of hydrogen-bond donors (Lipinski definition) is 4. The zero-order valence-electron chi connectivity index (χ0n) is 18.6. The Hall–Kier alpha value is -4.18. The number of primary amides is 1. The minimum Gasteiger partial charge on any atom is -0.507 e. The molecule has 1 amide bonds. The number of benzene rings is 1. The van der Waals surface area contributed by atoms with Crippen molar-refractivity contribution in [3.63, 3.8) is 0 Å². The summed E-state index contributed by atoms with van der Waals surface area (Å²) in [6, 6.07) is 8.50. The van der Waals surface area contributed by atoms with Crippen LogP contribution in [0.15, 0.2) is 52.4 Å². The van der Waals surface area contributed by atoms with E-state index in [-0.39, 0.29) is 36.1 Å². The second-order valence-electron chi connectivity index (χ2n) is 9.15. The molecule has 3 aliphatic rings. The fraction of sp³-hybridized carbons (Fsp3) is 0.280. The fourth-order valence-electron chi connectivity index (χ4n) is 5.63. The lowest BCUT2D eigenvalue weighted by Crippen LogP contribution is -2.61. The third-order valence-electron chi connectivity index (χ3n) is 7.21. The standard InChI is InChI=1S/C25H21N3O7/c1-10-3-2-4-15(27-10)13-5-6-17(29)19-14(13)8-11-7-12-9-16(28-35)20(24(26)33)23(32)25(12,34)22(31)18(11)21(19)30/h2-6,11-12,29-30,34H,7-9H2,1H3,(H2,26,33)/t11-,12+,25+/m1/s1. The van der Waals surface area contributed by atoms with E-state index in [1.807, 2.05) is 19.1 Å². The van der Waals surface area contributed by atoms with Crippen LogP contribution in [0.3, 0.4) is 0 Å². The number of nitrogens with two attached hydrogens (primary N) is 1. The summed E-state index contributed by atoms with van der Waals surface area (Å²) >= 11 is 0. The molecule has 178 valence electrons. The number of nitrogens with zero attached hydrogens (tertiary/aromatic N) is 2. The summed E-state index contributed by atoms with van der Waals surface area (Å²) in [6.07, 6.45) is -0.0372. The van der Waals surface area contributed by atoms with Gasteiger partial charge in [0.25, 0.3) is 5.91 Å². The predicted octanol–water partition coefficient (Wildman–Crippen LogP) is 2.00. The van der Waals surface area contributed by atoms with Gasteiger partial charge in [-0.2, -0.15) is 0 Å². The number of aliphatic hydroxyl groups excluding tert-OH is 1. The van der Waals surface area contributed by atoms with Crippen molar-refractivity contribution < 1.29 is 29.7 Å². The Bertz CT molecular complexity index is 1420. The number of hydrogen-bond acceptors (Lipinski definition) is 9. The number of ketones is 2. The second kappa shape index (κ2) is 7.67. The second-order valence-corrected chi connectivity index (χ2v) is 9.15. The lowest BCUT2D eigenvalue weighted by molar-refractivity contribution is -0.157. The molecular formula is C25H21N3O7. The minimum atomic E-state index is -2.68. The molecule has 5 rings (SSSR count). The maximum atomic E-state index is 13.6. The van der Waals surface area contributed by atoms with Gasteiger partial charge < -0.3 is 21.1 Å². The van der Waals surface area contributed by atoms with E-state index in [0.717, 1.165) is 5.69 Å². The number of fused-ring (bicyclic) bond motifs is 3. The number of amides is 1. The van der Waals surface area contributed by atoms with E-state index < -0.39 is 51.9 Å². The Morgan fingerprint density at radius 3 is 2.54 bits per heavy atom. The number of phenols is 1. The van der Waals surface area contributed by atoms with Crippen molar-refractivity contribution in [2.24, 2.45) is 22.7 Å². The lowest BCUT2D eigenvalue weighted by atomic mass is 9.58. The third kappa shape index (κ3) is 3.06. The van der Waals surface area contributed by atoms with E-state index in [1.165, 1.54) is 6.07 Å². The average Bonchev–Trinajstić information content (AvgIpc) is 2.80. The van der Waals surface area contributed by atoms with E-state index in [1.54, 1.807) is 12.1 Å². The number of rotatable bonds is 3. The molecule has 3 aliphatic carbocycles. The first-order valence-corrected chi connectivity index (χ1v) is 11.0. The molecule has 3 atom stereocenters. The number of aromatic hydroxyl groups is 1. The van der Waals surface area contributed by atoms with E-state index in [2.05, 4.69) is 10.2 Å². The molecule has 1 fully saturated rings. The Balaban J connectivity index is 1.69. The molecule has 0 saturated heterocycles. The maximum absolute atomic E-state index is 13.6. The van der Waals surface area contributed by atoms with Crippen LogP contribution < -0.4 is 5.73 Å². The molecule has 35 heavy (non-hydrogen) atoms. The van der Waals surface area contributed by atoms with Crippen LogP contribution in [0.5, 0.6) is 5.75 Å². The highest BCUT2D eigenvalue weighted by Crippen LogP contribution is 2.52. The third-order valence-corrected chi connectivity index (χ3v) is 7.21. The molecule has 1 saturated carbocycles. The van der Waals surface area contributed by atoms with E-state index in [0.29, 0.717) is 16.8 Å². The van der Waals surface area contributed by atoms with Gasteiger partial charge in [0.15, 0.2) is 5.60 Å². The SMILES string of the molecule is Cc1cccc(-c2ccc(O)c3c2C[C@H]2C[C@H]4CC(N=O)=C(C(N)=O)C(=O)[C@@]4(O)C(=O)C2=C3O)n1. The number of pyridine rings is 1. The van der Waals surface area contributed by atoms with Gasteiger partial charge in [-0.3, -0.25) is 19.4 Å². The highest BCUT2D eigenvalue weighted by Gasteiger charge is 2.61. The van der Waals surface area contributed by atoms with Crippen LogP contribution in [0.1, 0.15) is 29.7 Å². The molecule has 0 spiro atoms. The number of carbonyl (C=O) groups excluding carboxylic acids is 3. The highest BCUT2D eigenvalue weighted by molar-refractivity contribution is 6.32. The normalized spacial score (nSPS) is 25.7. The summed E-state index contributed by atoms with van der Waals surface area (Å²) in [6.45, 7) is 1.83. The molecule has 2 aromatic rings. The van der Waals surface area contributed by atoms with Crippen molar-refractivity contribution in [1.82, 2.24) is 4.98 Å². The minimum absolute atomic E-state index is 0.0247. The van der Waals surface area contributed by atoms with Gasteiger partial charge in [-0.15, -0.1) is 4.91 Å². The quantitative estimate of drug-likeness (QED) is 0.295. The predicted molar refractivity (Wildman–Crippen MR) is 123 cm³/mol. The van der Waals surface area contributed by atoms with Crippen LogP contribution in [0.2, 0.25) is 0 Å². The van der Waals surface area contributed by atoms with Gasteiger partial charge in [-0.25, -0.2) is 0 Å². The van der Waals surface area contributed by atoms with Crippen molar-refractivity contribution in [2.45, 2.75) is 31.8 Å². The van der Waals surface area contributed by atoms with Gasteiger partial charge in [-0.1, -0.05) is 6.07 Å². The van der Waals surface area contributed by atoms with Crippen molar-refractivity contribution in [1.29, 1.82) is 0 Å². The number of aryl methyl sites for hydroxylation is 1. The maximum Gasteiger partial charge on any atom is 0.254 e. The lowest BCUT2D eigenvalue weighted by Gasteiger charge is -2.45. The summed E-state index contributed by atoms with van der Waals surface area (Å²) in [7, 11) is 0. The summed E-state index contributed by atoms with van der Waals surface area (Å²) in [4.78, 5) is 54.3. The first kappa shape index (κ1) is 22.6. The number of aliphatic hydroxyl groups is 2. The van der Waals surface area contributed by atoms with Crippen LogP contribution in [-0.2, 0) is 20.8 Å². The van der Waals surface area contributed by atoms with Gasteiger partial charge in [0, 0.05) is 29.2 Å². The van der Waals surface area contributed by atoms with E-state index in [9.17, 15) is 34.6 Å². The Kier molecular flexibility index (Phi) is 4.95. The zero-order chi connectivity index (χ0) is 25.2. The molecule has 5 N–H and O–H groups in total.